The molecule has 1 aliphatic rings. The van der Waals surface area contributed by atoms with Crippen molar-refractivity contribution in [2.24, 2.45) is 9.98 Å². The Hall–Kier alpha value is -0.990. The topological polar surface area (TPSA) is 41.8 Å². The summed E-state index contributed by atoms with van der Waals surface area (Å²) in [6.45, 7) is 3.79. The molecule has 0 radical (unpaired) electrons. The van der Waals surface area contributed by atoms with Crippen LogP contribution in [0.3, 0.4) is 0 Å². The van der Waals surface area contributed by atoms with E-state index in [1.807, 2.05) is 13.8 Å². The average Bonchev–Trinajstić information content (AvgIpc) is 1.85. The van der Waals surface area contributed by atoms with Crippen LogP contribution in [0.25, 0.3) is 0 Å². The molecule has 0 unspecified atom stereocenters. The maximum atomic E-state index is 10.8. The van der Waals surface area contributed by atoms with Crippen LogP contribution in [0, 0.1) is 0 Å². The molecule has 3 heteroatoms. The van der Waals surface area contributed by atoms with Crippen molar-refractivity contribution < 1.29 is 4.79 Å². The minimum absolute atomic E-state index is 0.0654. The Morgan fingerprint density at radius 1 is 1.50 bits per heavy atom. The van der Waals surface area contributed by atoms with Crippen LogP contribution in [0.5, 0.6) is 0 Å². The van der Waals surface area contributed by atoms with Crippen LogP contribution in [-0.4, -0.2) is 17.5 Å². The van der Waals surface area contributed by atoms with Crippen LogP contribution in [0.4, 0.5) is 0 Å². The van der Waals surface area contributed by atoms with Crippen LogP contribution in [0.15, 0.2) is 9.98 Å². The summed E-state index contributed by atoms with van der Waals surface area (Å²) in [5, 5.41) is 0. The molecule has 0 atom stereocenters. The second kappa shape index (κ2) is 2.73. The van der Waals surface area contributed by atoms with E-state index < -0.39 is 0 Å². The standard InChI is InChI=1S/C7H10N2O/c1-3-6-8-5(2)4-7(10)9-6/h3-4H2,1-2H3. The molecular formula is C7H10N2O. The zero-order valence-electron chi connectivity index (χ0n) is 6.22. The van der Waals surface area contributed by atoms with E-state index in [-0.39, 0.29) is 5.91 Å². The van der Waals surface area contributed by atoms with E-state index in [4.69, 9.17) is 0 Å². The zero-order chi connectivity index (χ0) is 7.56. The fraction of sp³-hybridized carbons (Fsp3) is 0.571. The van der Waals surface area contributed by atoms with Crippen molar-refractivity contribution in [3.8, 4) is 0 Å². The fourth-order valence-corrected chi connectivity index (χ4v) is 0.845. The molecule has 0 spiro atoms. The van der Waals surface area contributed by atoms with Crippen LogP contribution in [0.2, 0.25) is 0 Å². The van der Waals surface area contributed by atoms with Gasteiger partial charge in [-0.2, -0.15) is 4.99 Å². The minimum Gasteiger partial charge on any atom is -0.272 e. The molecule has 0 aromatic rings. The molecule has 1 rings (SSSR count). The lowest BCUT2D eigenvalue weighted by atomic mass is 10.2. The molecule has 0 fully saturated rings. The Morgan fingerprint density at radius 2 is 2.20 bits per heavy atom. The van der Waals surface area contributed by atoms with Gasteiger partial charge < -0.3 is 0 Å². The SMILES string of the molecule is CCC1=NC(=O)CC(C)=N1. The number of aliphatic imine (C=N–C) groups is 2. The number of amidine groups is 1. The van der Waals surface area contributed by atoms with E-state index in [1.54, 1.807) is 0 Å². The summed E-state index contributed by atoms with van der Waals surface area (Å²) < 4.78 is 0. The molecule has 0 N–H and O–H groups in total. The highest BCUT2D eigenvalue weighted by Crippen LogP contribution is 2.02. The Morgan fingerprint density at radius 3 is 2.70 bits per heavy atom. The number of hydrogen-bond donors (Lipinski definition) is 0. The summed E-state index contributed by atoms with van der Waals surface area (Å²) in [5.74, 6) is 0.595. The largest absolute Gasteiger partial charge is 0.272 e. The van der Waals surface area contributed by atoms with Gasteiger partial charge in [0.15, 0.2) is 0 Å². The fourth-order valence-electron chi connectivity index (χ4n) is 0.845. The highest BCUT2D eigenvalue weighted by molar-refractivity contribution is 6.13. The van der Waals surface area contributed by atoms with E-state index in [0.717, 1.165) is 12.1 Å². The highest BCUT2D eigenvalue weighted by Gasteiger charge is 2.09. The van der Waals surface area contributed by atoms with Gasteiger partial charge in [0.05, 0.1) is 6.42 Å². The molecule has 0 bridgehead atoms. The molecule has 3 nitrogen and oxygen atoms in total. The van der Waals surface area contributed by atoms with Gasteiger partial charge in [0.25, 0.3) is 5.91 Å². The summed E-state index contributed by atoms with van der Waals surface area (Å²) in [4.78, 5) is 18.6. The number of nitrogens with zero attached hydrogens (tertiary/aromatic N) is 2. The van der Waals surface area contributed by atoms with Gasteiger partial charge >= 0.3 is 0 Å². The molecule has 1 heterocycles. The molecule has 10 heavy (non-hydrogen) atoms. The molecular weight excluding hydrogens is 128 g/mol. The molecule has 1 amide bonds. The van der Waals surface area contributed by atoms with Crippen molar-refractivity contribution >= 4 is 17.5 Å². The third-order valence-electron chi connectivity index (χ3n) is 1.30. The summed E-state index contributed by atoms with van der Waals surface area (Å²) in [6, 6.07) is 0. The summed E-state index contributed by atoms with van der Waals surface area (Å²) in [5.41, 5.74) is 0.872. The first kappa shape index (κ1) is 7.12. The molecule has 0 aliphatic carbocycles. The zero-order valence-corrected chi connectivity index (χ0v) is 6.22. The van der Waals surface area contributed by atoms with Gasteiger partial charge in [0.1, 0.15) is 5.84 Å². The Labute approximate surface area is 59.9 Å². The van der Waals surface area contributed by atoms with Crippen molar-refractivity contribution in [2.45, 2.75) is 26.7 Å². The second-order valence-corrected chi connectivity index (χ2v) is 2.30. The van der Waals surface area contributed by atoms with E-state index in [0.29, 0.717) is 12.3 Å². The lowest BCUT2D eigenvalue weighted by Gasteiger charge is -2.04. The Bertz CT molecular complexity index is 216. The molecule has 0 aromatic carbocycles. The van der Waals surface area contributed by atoms with E-state index >= 15 is 0 Å². The van der Waals surface area contributed by atoms with Gasteiger partial charge in [0.2, 0.25) is 0 Å². The lowest BCUT2D eigenvalue weighted by molar-refractivity contribution is -0.116. The van der Waals surface area contributed by atoms with E-state index in [1.165, 1.54) is 0 Å². The summed E-state index contributed by atoms with van der Waals surface area (Å²) >= 11 is 0. The number of rotatable bonds is 1. The highest BCUT2D eigenvalue weighted by atomic mass is 16.1. The first-order valence-electron chi connectivity index (χ1n) is 3.37. The van der Waals surface area contributed by atoms with Crippen LogP contribution in [-0.2, 0) is 4.79 Å². The van der Waals surface area contributed by atoms with E-state index in [2.05, 4.69) is 9.98 Å². The quantitative estimate of drug-likeness (QED) is 0.536. The molecule has 1 aliphatic heterocycles. The first-order chi connectivity index (χ1) is 4.72. The van der Waals surface area contributed by atoms with Crippen molar-refractivity contribution in [3.05, 3.63) is 0 Å². The smallest absolute Gasteiger partial charge is 0.253 e. The first-order valence-corrected chi connectivity index (χ1v) is 3.37. The van der Waals surface area contributed by atoms with Crippen LogP contribution >= 0.6 is 0 Å². The Kier molecular flexibility index (Phi) is 1.94. The predicted octanol–water partition coefficient (Wildman–Crippen LogP) is 1.19. The van der Waals surface area contributed by atoms with Gasteiger partial charge in [0, 0.05) is 12.1 Å². The van der Waals surface area contributed by atoms with Gasteiger partial charge in [-0.3, -0.25) is 4.79 Å². The molecule has 0 saturated heterocycles. The van der Waals surface area contributed by atoms with Crippen molar-refractivity contribution in [2.75, 3.05) is 0 Å². The molecule has 0 saturated carbocycles. The Balaban J connectivity index is 2.82. The maximum absolute atomic E-state index is 10.8. The molecule has 0 aromatic heterocycles. The predicted molar refractivity (Wildman–Crippen MR) is 40.5 cm³/mol. The average molecular weight is 138 g/mol. The van der Waals surface area contributed by atoms with Gasteiger partial charge in [-0.25, -0.2) is 4.99 Å². The van der Waals surface area contributed by atoms with E-state index in [9.17, 15) is 4.79 Å². The number of hydrogen-bond acceptors (Lipinski definition) is 2. The van der Waals surface area contributed by atoms with Crippen molar-refractivity contribution in [1.82, 2.24) is 0 Å². The maximum Gasteiger partial charge on any atom is 0.253 e. The minimum atomic E-state index is -0.0654. The van der Waals surface area contributed by atoms with Crippen molar-refractivity contribution in [1.29, 1.82) is 0 Å². The lowest BCUT2D eigenvalue weighted by Crippen LogP contribution is -2.12. The van der Waals surface area contributed by atoms with Crippen molar-refractivity contribution in [3.63, 3.8) is 0 Å². The van der Waals surface area contributed by atoms with Crippen LogP contribution < -0.4 is 0 Å². The third kappa shape index (κ3) is 1.50. The summed E-state index contributed by atoms with van der Waals surface area (Å²) in [7, 11) is 0. The molecule has 54 valence electrons. The van der Waals surface area contributed by atoms with Gasteiger partial charge in [-0.05, 0) is 6.92 Å². The van der Waals surface area contributed by atoms with Gasteiger partial charge in [-0.15, -0.1) is 0 Å². The summed E-state index contributed by atoms with van der Waals surface area (Å²) in [6.07, 6.45) is 1.13. The third-order valence-corrected chi connectivity index (χ3v) is 1.30. The van der Waals surface area contributed by atoms with Crippen LogP contribution in [0.1, 0.15) is 26.7 Å². The monoisotopic (exact) mass is 138 g/mol. The number of carbonyl (C=O) groups excluding carboxylic acids is 1. The second-order valence-electron chi connectivity index (χ2n) is 2.30. The van der Waals surface area contributed by atoms with Gasteiger partial charge in [-0.1, -0.05) is 6.92 Å². The normalized spacial score (nSPS) is 18.4. The number of amides is 1. The number of carbonyl (C=O) groups is 1.